The number of amides is 1. The van der Waals surface area contributed by atoms with Crippen molar-refractivity contribution in [1.29, 1.82) is 0 Å². The van der Waals surface area contributed by atoms with Crippen LogP contribution in [0.4, 0.5) is 5.69 Å². The maximum Gasteiger partial charge on any atom is 0.251 e. The van der Waals surface area contributed by atoms with E-state index in [0.717, 1.165) is 27.6 Å². The predicted molar refractivity (Wildman–Crippen MR) is 140 cm³/mol. The molecule has 0 saturated carbocycles. The standard InChI is InChI=1S/C28H28N2O4S/c1-21-7-5-10-25(19-21)34-18-17-29-28(31)24-15-13-22(14-16-24)20-30(35(2,32)33)27-12-6-9-23-8-3-4-11-26(23)27/h3-16,19H,17-18,20H2,1-2H3,(H,29,31). The van der Waals surface area contributed by atoms with Crippen LogP contribution in [0.25, 0.3) is 10.8 Å². The Morgan fingerprint density at radius 3 is 2.37 bits per heavy atom. The van der Waals surface area contributed by atoms with Crippen molar-refractivity contribution in [2.24, 2.45) is 0 Å². The van der Waals surface area contributed by atoms with Gasteiger partial charge in [-0.25, -0.2) is 8.42 Å². The van der Waals surface area contributed by atoms with Gasteiger partial charge in [0.15, 0.2) is 0 Å². The van der Waals surface area contributed by atoms with E-state index in [0.29, 0.717) is 24.4 Å². The zero-order chi connectivity index (χ0) is 24.8. The molecule has 0 fully saturated rings. The molecule has 0 atom stereocenters. The Morgan fingerprint density at radius 2 is 1.63 bits per heavy atom. The molecule has 0 bridgehead atoms. The van der Waals surface area contributed by atoms with Crippen LogP contribution in [0.5, 0.6) is 5.75 Å². The summed E-state index contributed by atoms with van der Waals surface area (Å²) in [6.45, 7) is 2.90. The Labute approximate surface area is 206 Å². The van der Waals surface area contributed by atoms with E-state index in [-0.39, 0.29) is 12.5 Å². The predicted octanol–water partition coefficient (Wildman–Crippen LogP) is 4.92. The number of nitrogens with one attached hydrogen (secondary N) is 1. The highest BCUT2D eigenvalue weighted by Gasteiger charge is 2.20. The molecule has 4 rings (SSSR count). The Bertz CT molecular complexity index is 1430. The van der Waals surface area contributed by atoms with E-state index in [1.165, 1.54) is 10.6 Å². The number of benzene rings is 4. The number of rotatable bonds is 9. The summed E-state index contributed by atoms with van der Waals surface area (Å²) in [5.74, 6) is 0.559. The number of nitrogens with zero attached hydrogens (tertiary/aromatic N) is 1. The molecule has 6 nitrogen and oxygen atoms in total. The normalized spacial score (nSPS) is 11.3. The fourth-order valence-electron chi connectivity index (χ4n) is 3.87. The summed E-state index contributed by atoms with van der Waals surface area (Å²) in [7, 11) is -3.53. The van der Waals surface area contributed by atoms with E-state index >= 15 is 0 Å². The molecule has 7 heteroatoms. The van der Waals surface area contributed by atoms with Gasteiger partial charge in [-0.05, 0) is 53.8 Å². The first-order valence-corrected chi connectivity index (χ1v) is 13.2. The first-order valence-electron chi connectivity index (χ1n) is 11.3. The van der Waals surface area contributed by atoms with Gasteiger partial charge < -0.3 is 10.1 Å². The number of hydrogen-bond donors (Lipinski definition) is 1. The third-order valence-electron chi connectivity index (χ3n) is 5.62. The van der Waals surface area contributed by atoms with Gasteiger partial charge in [-0.1, -0.05) is 60.7 Å². The Hall–Kier alpha value is -3.84. The number of anilines is 1. The molecule has 0 aromatic heterocycles. The van der Waals surface area contributed by atoms with Crippen molar-refractivity contribution in [3.63, 3.8) is 0 Å². The third kappa shape index (κ3) is 6.19. The van der Waals surface area contributed by atoms with Crippen molar-refractivity contribution in [2.45, 2.75) is 13.5 Å². The Kier molecular flexibility index (Phi) is 7.36. The molecule has 0 aliphatic rings. The number of aryl methyl sites for hydroxylation is 1. The minimum atomic E-state index is -3.53. The van der Waals surface area contributed by atoms with Crippen LogP contribution in [-0.2, 0) is 16.6 Å². The second-order valence-electron chi connectivity index (χ2n) is 8.39. The summed E-state index contributed by atoms with van der Waals surface area (Å²) >= 11 is 0. The molecular formula is C28H28N2O4S. The summed E-state index contributed by atoms with van der Waals surface area (Å²) in [6.07, 6.45) is 1.20. The molecular weight excluding hydrogens is 460 g/mol. The fourth-order valence-corrected chi connectivity index (χ4v) is 4.77. The highest BCUT2D eigenvalue weighted by molar-refractivity contribution is 7.92. The second kappa shape index (κ2) is 10.6. The number of hydrogen-bond acceptors (Lipinski definition) is 4. The molecule has 35 heavy (non-hydrogen) atoms. The molecule has 180 valence electrons. The van der Waals surface area contributed by atoms with Crippen LogP contribution in [0.3, 0.4) is 0 Å². The van der Waals surface area contributed by atoms with Crippen molar-refractivity contribution >= 4 is 32.4 Å². The highest BCUT2D eigenvalue weighted by Crippen LogP contribution is 2.29. The quantitative estimate of drug-likeness (QED) is 0.339. The number of ether oxygens (including phenoxy) is 1. The molecule has 0 aliphatic carbocycles. The van der Waals surface area contributed by atoms with E-state index in [1.807, 2.05) is 73.7 Å². The van der Waals surface area contributed by atoms with Crippen molar-refractivity contribution in [1.82, 2.24) is 5.32 Å². The number of fused-ring (bicyclic) bond motifs is 1. The lowest BCUT2D eigenvalue weighted by atomic mass is 10.1. The number of carbonyl (C=O) groups is 1. The zero-order valence-corrected chi connectivity index (χ0v) is 20.6. The van der Waals surface area contributed by atoms with Gasteiger partial charge in [-0.3, -0.25) is 9.10 Å². The zero-order valence-electron chi connectivity index (χ0n) is 19.8. The fraction of sp³-hybridized carbons (Fsp3) is 0.179. The first kappa shape index (κ1) is 24.3. The van der Waals surface area contributed by atoms with Crippen LogP contribution in [0, 0.1) is 6.92 Å². The summed E-state index contributed by atoms with van der Waals surface area (Å²) in [5.41, 5.74) is 3.02. The van der Waals surface area contributed by atoms with E-state index in [2.05, 4.69) is 5.32 Å². The van der Waals surface area contributed by atoms with Crippen LogP contribution in [-0.4, -0.2) is 33.7 Å². The summed E-state index contributed by atoms with van der Waals surface area (Å²) in [4.78, 5) is 12.5. The molecule has 0 aliphatic heterocycles. The van der Waals surface area contributed by atoms with E-state index in [1.54, 1.807) is 24.3 Å². The Balaban J connectivity index is 1.41. The largest absolute Gasteiger partial charge is 0.492 e. The number of sulfonamides is 1. The van der Waals surface area contributed by atoms with Gasteiger partial charge in [-0.2, -0.15) is 0 Å². The van der Waals surface area contributed by atoms with Crippen LogP contribution >= 0.6 is 0 Å². The van der Waals surface area contributed by atoms with Gasteiger partial charge in [0.05, 0.1) is 25.0 Å². The maximum atomic E-state index is 12.7. The second-order valence-corrected chi connectivity index (χ2v) is 10.3. The maximum absolute atomic E-state index is 12.7. The minimum Gasteiger partial charge on any atom is -0.492 e. The summed E-state index contributed by atoms with van der Waals surface area (Å²) in [5, 5.41) is 4.68. The molecule has 1 N–H and O–H groups in total. The molecule has 4 aromatic rings. The van der Waals surface area contributed by atoms with Gasteiger partial charge in [0.2, 0.25) is 10.0 Å². The molecule has 1 amide bonds. The first-order chi connectivity index (χ1) is 16.8. The highest BCUT2D eigenvalue weighted by atomic mass is 32.2. The van der Waals surface area contributed by atoms with Crippen LogP contribution in [0.2, 0.25) is 0 Å². The smallest absolute Gasteiger partial charge is 0.251 e. The SMILES string of the molecule is Cc1cccc(OCCNC(=O)c2ccc(CN(c3cccc4ccccc34)S(C)(=O)=O)cc2)c1. The number of carbonyl (C=O) groups excluding carboxylic acids is 1. The van der Waals surface area contributed by atoms with Crippen molar-refractivity contribution in [2.75, 3.05) is 23.7 Å². The average Bonchev–Trinajstić information content (AvgIpc) is 2.84. The van der Waals surface area contributed by atoms with Crippen LogP contribution in [0.1, 0.15) is 21.5 Å². The molecule has 0 unspecified atom stereocenters. The van der Waals surface area contributed by atoms with Gasteiger partial charge in [0.1, 0.15) is 12.4 Å². The van der Waals surface area contributed by atoms with Crippen LogP contribution in [0.15, 0.2) is 91.0 Å². The topological polar surface area (TPSA) is 75.7 Å². The van der Waals surface area contributed by atoms with Crippen molar-refractivity contribution in [3.05, 3.63) is 108 Å². The van der Waals surface area contributed by atoms with Crippen molar-refractivity contribution < 1.29 is 17.9 Å². The third-order valence-corrected chi connectivity index (χ3v) is 6.75. The monoisotopic (exact) mass is 488 g/mol. The van der Waals surface area contributed by atoms with Gasteiger partial charge in [-0.15, -0.1) is 0 Å². The molecule has 0 heterocycles. The lowest BCUT2D eigenvalue weighted by Gasteiger charge is -2.24. The minimum absolute atomic E-state index is 0.166. The van der Waals surface area contributed by atoms with E-state index in [9.17, 15) is 13.2 Å². The lowest BCUT2D eigenvalue weighted by molar-refractivity contribution is 0.0947. The van der Waals surface area contributed by atoms with Crippen molar-refractivity contribution in [3.8, 4) is 5.75 Å². The summed E-state index contributed by atoms with van der Waals surface area (Å²) in [6, 6.07) is 28.0. The van der Waals surface area contributed by atoms with Crippen LogP contribution < -0.4 is 14.4 Å². The summed E-state index contributed by atoms with van der Waals surface area (Å²) < 4.78 is 32.4. The molecule has 0 saturated heterocycles. The molecule has 0 spiro atoms. The average molecular weight is 489 g/mol. The van der Waals surface area contributed by atoms with Gasteiger partial charge in [0.25, 0.3) is 5.91 Å². The van der Waals surface area contributed by atoms with E-state index < -0.39 is 10.0 Å². The van der Waals surface area contributed by atoms with Gasteiger partial charge >= 0.3 is 0 Å². The van der Waals surface area contributed by atoms with E-state index in [4.69, 9.17) is 4.74 Å². The Morgan fingerprint density at radius 1 is 0.914 bits per heavy atom. The molecule has 0 radical (unpaired) electrons. The molecule has 4 aromatic carbocycles. The lowest BCUT2D eigenvalue weighted by Crippen LogP contribution is -2.30. The van der Waals surface area contributed by atoms with Gasteiger partial charge in [0, 0.05) is 10.9 Å².